The first-order valence-corrected chi connectivity index (χ1v) is 10.6. The molecule has 3 aromatic carbocycles. The van der Waals surface area contributed by atoms with E-state index in [2.05, 4.69) is 0 Å². The van der Waals surface area contributed by atoms with Crippen LogP contribution in [0.4, 0.5) is 11.4 Å². The van der Waals surface area contributed by atoms with Crippen LogP contribution in [-0.2, 0) is 14.4 Å². The first kappa shape index (κ1) is 20.1. The summed E-state index contributed by atoms with van der Waals surface area (Å²) in [5, 5.41) is 2.53. The summed E-state index contributed by atoms with van der Waals surface area (Å²) >= 11 is 12.6. The Bertz CT molecular complexity index is 1180. The zero-order valence-electron chi connectivity index (χ0n) is 16.5. The summed E-state index contributed by atoms with van der Waals surface area (Å²) in [6.07, 6.45) is -0.941. The normalized spacial score (nSPS) is 22.9. The number of benzene rings is 3. The van der Waals surface area contributed by atoms with Crippen molar-refractivity contribution in [3.05, 3.63) is 94.0 Å². The van der Waals surface area contributed by atoms with Gasteiger partial charge in [-0.3, -0.25) is 14.4 Å². The van der Waals surface area contributed by atoms with E-state index in [4.69, 9.17) is 28.0 Å². The van der Waals surface area contributed by atoms with Crippen molar-refractivity contribution >= 4 is 46.4 Å². The number of halogens is 2. The highest BCUT2D eigenvalue weighted by Gasteiger charge is 2.60. The maximum absolute atomic E-state index is 13.6. The lowest BCUT2D eigenvalue weighted by Gasteiger charge is -2.29. The minimum atomic E-state index is -0.941. The highest BCUT2D eigenvalue weighted by Crippen LogP contribution is 2.49. The van der Waals surface area contributed by atoms with Gasteiger partial charge in [0.2, 0.25) is 5.91 Å². The van der Waals surface area contributed by atoms with Gasteiger partial charge in [0.05, 0.1) is 17.4 Å². The van der Waals surface area contributed by atoms with Crippen molar-refractivity contribution in [1.29, 1.82) is 0 Å². The van der Waals surface area contributed by atoms with E-state index in [-0.39, 0.29) is 11.8 Å². The molecule has 0 bridgehead atoms. The molecule has 3 aromatic rings. The van der Waals surface area contributed by atoms with Crippen LogP contribution in [0.1, 0.15) is 17.2 Å². The molecule has 0 aliphatic carbocycles. The van der Waals surface area contributed by atoms with Crippen LogP contribution in [-0.4, -0.2) is 17.9 Å². The Labute approximate surface area is 189 Å². The molecule has 2 aliphatic rings. The predicted molar refractivity (Wildman–Crippen MR) is 120 cm³/mol. The average Bonchev–Trinajstić information content (AvgIpc) is 3.26. The molecule has 5 rings (SSSR count). The van der Waals surface area contributed by atoms with Gasteiger partial charge in [-0.05, 0) is 48.4 Å². The van der Waals surface area contributed by atoms with Crippen LogP contribution in [0.2, 0.25) is 10.0 Å². The van der Waals surface area contributed by atoms with Crippen LogP contribution in [0.15, 0.2) is 72.8 Å². The van der Waals surface area contributed by atoms with E-state index < -0.39 is 18.1 Å². The second kappa shape index (κ2) is 7.68. The van der Waals surface area contributed by atoms with E-state index in [1.54, 1.807) is 29.3 Å². The molecule has 2 heterocycles. The lowest BCUT2D eigenvalue weighted by molar-refractivity contribution is -0.126. The molecule has 2 aliphatic heterocycles. The minimum absolute atomic E-state index is 0.307. The number of carbonyl (C=O) groups excluding carboxylic acids is 2. The molecule has 2 amide bonds. The SMILES string of the molecule is Cc1ccccc1N1C(=O)[C@H]2[C@@H](ON(c3ccccc3)[C@H]2c2ccc(Cl)cc2Cl)C1=O. The third-order valence-electron chi connectivity index (χ3n) is 5.76. The Kier molecular flexibility index (Phi) is 4.97. The quantitative estimate of drug-likeness (QED) is 0.502. The average molecular weight is 453 g/mol. The van der Waals surface area contributed by atoms with Gasteiger partial charge in [0.15, 0.2) is 6.10 Å². The molecule has 2 saturated heterocycles. The number of nitrogens with zero attached hydrogens (tertiary/aromatic N) is 2. The van der Waals surface area contributed by atoms with Gasteiger partial charge in [-0.1, -0.05) is 65.7 Å². The van der Waals surface area contributed by atoms with Gasteiger partial charge >= 0.3 is 0 Å². The number of fused-ring (bicyclic) bond motifs is 1. The molecular weight excluding hydrogens is 435 g/mol. The number of para-hydroxylation sites is 2. The van der Waals surface area contributed by atoms with Gasteiger partial charge in [-0.2, -0.15) is 0 Å². The van der Waals surface area contributed by atoms with Gasteiger partial charge in [-0.15, -0.1) is 0 Å². The van der Waals surface area contributed by atoms with E-state index in [9.17, 15) is 9.59 Å². The molecule has 0 radical (unpaired) electrons. The van der Waals surface area contributed by atoms with Crippen molar-refractivity contribution in [2.24, 2.45) is 5.92 Å². The molecule has 7 heteroatoms. The van der Waals surface area contributed by atoms with Crippen molar-refractivity contribution < 1.29 is 14.4 Å². The number of aryl methyl sites for hydroxylation is 1. The fraction of sp³-hybridized carbons (Fsp3) is 0.167. The maximum Gasteiger partial charge on any atom is 0.266 e. The van der Waals surface area contributed by atoms with E-state index in [1.807, 2.05) is 55.5 Å². The lowest BCUT2D eigenvalue weighted by Crippen LogP contribution is -2.37. The van der Waals surface area contributed by atoms with Crippen LogP contribution < -0.4 is 9.96 Å². The van der Waals surface area contributed by atoms with Crippen molar-refractivity contribution in [2.75, 3.05) is 9.96 Å². The summed E-state index contributed by atoms with van der Waals surface area (Å²) < 4.78 is 0. The Hall–Kier alpha value is -2.86. The van der Waals surface area contributed by atoms with E-state index in [1.165, 1.54) is 4.90 Å². The molecule has 0 spiro atoms. The highest BCUT2D eigenvalue weighted by atomic mass is 35.5. The summed E-state index contributed by atoms with van der Waals surface area (Å²) in [5.41, 5.74) is 2.82. The number of carbonyl (C=O) groups is 2. The van der Waals surface area contributed by atoms with Gasteiger partial charge in [0.25, 0.3) is 5.91 Å². The first-order chi connectivity index (χ1) is 15.0. The molecule has 3 atom stereocenters. The van der Waals surface area contributed by atoms with Crippen LogP contribution in [0.5, 0.6) is 0 Å². The minimum Gasteiger partial charge on any atom is -0.273 e. The third kappa shape index (κ3) is 3.21. The molecule has 0 unspecified atom stereocenters. The number of imide groups is 1. The topological polar surface area (TPSA) is 49.9 Å². The van der Waals surface area contributed by atoms with E-state index in [0.717, 1.165) is 11.3 Å². The number of hydrogen-bond acceptors (Lipinski definition) is 4. The first-order valence-electron chi connectivity index (χ1n) is 9.87. The summed E-state index contributed by atoms with van der Waals surface area (Å²) in [6, 6.07) is 21.2. The fourth-order valence-corrected chi connectivity index (χ4v) is 4.84. The van der Waals surface area contributed by atoms with Gasteiger partial charge in [-0.25, -0.2) is 9.96 Å². The van der Waals surface area contributed by atoms with Crippen LogP contribution in [0, 0.1) is 12.8 Å². The molecule has 5 nitrogen and oxygen atoms in total. The number of hydroxylamine groups is 1. The standard InChI is InChI=1S/C24H18Cl2N2O3/c1-14-7-5-6-10-19(14)27-23(29)20-21(17-12-11-15(25)13-18(17)26)28(31-22(20)24(27)30)16-8-3-2-4-9-16/h2-13,20-22H,1H3/t20-,21+,22-/m1/s1. The van der Waals surface area contributed by atoms with Crippen molar-refractivity contribution in [2.45, 2.75) is 19.1 Å². The Balaban J connectivity index is 1.63. The molecule has 2 fully saturated rings. The zero-order valence-corrected chi connectivity index (χ0v) is 18.0. The summed E-state index contributed by atoms with van der Waals surface area (Å²) in [6.45, 7) is 1.87. The molecule has 156 valence electrons. The van der Waals surface area contributed by atoms with Crippen LogP contribution in [0.25, 0.3) is 0 Å². The van der Waals surface area contributed by atoms with Gasteiger partial charge in [0.1, 0.15) is 5.92 Å². The maximum atomic E-state index is 13.6. The lowest BCUT2D eigenvalue weighted by atomic mass is 9.90. The summed E-state index contributed by atoms with van der Waals surface area (Å²) in [5.74, 6) is -1.43. The fourth-order valence-electron chi connectivity index (χ4n) is 4.32. The number of hydrogen-bond donors (Lipinski definition) is 0. The Morgan fingerprint density at radius 1 is 0.871 bits per heavy atom. The van der Waals surface area contributed by atoms with Crippen molar-refractivity contribution in [1.82, 2.24) is 0 Å². The molecule has 0 N–H and O–H groups in total. The second-order valence-corrected chi connectivity index (χ2v) is 8.47. The van der Waals surface area contributed by atoms with Crippen LogP contribution >= 0.6 is 23.2 Å². The number of rotatable bonds is 3. The Morgan fingerprint density at radius 2 is 1.58 bits per heavy atom. The van der Waals surface area contributed by atoms with E-state index >= 15 is 0 Å². The summed E-state index contributed by atoms with van der Waals surface area (Å²) in [7, 11) is 0. The summed E-state index contributed by atoms with van der Waals surface area (Å²) in [4.78, 5) is 34.3. The molecular formula is C24H18Cl2N2O3. The monoisotopic (exact) mass is 452 g/mol. The van der Waals surface area contributed by atoms with Crippen molar-refractivity contribution in [3.8, 4) is 0 Å². The molecule has 31 heavy (non-hydrogen) atoms. The largest absolute Gasteiger partial charge is 0.273 e. The predicted octanol–water partition coefficient (Wildman–Crippen LogP) is 5.35. The smallest absolute Gasteiger partial charge is 0.266 e. The number of anilines is 2. The zero-order chi connectivity index (χ0) is 21.7. The molecule has 0 saturated carbocycles. The van der Waals surface area contributed by atoms with Gasteiger partial charge in [0, 0.05) is 10.0 Å². The van der Waals surface area contributed by atoms with Gasteiger partial charge < -0.3 is 0 Å². The Morgan fingerprint density at radius 3 is 2.29 bits per heavy atom. The van der Waals surface area contributed by atoms with Crippen molar-refractivity contribution in [3.63, 3.8) is 0 Å². The second-order valence-electron chi connectivity index (χ2n) is 7.62. The van der Waals surface area contributed by atoms with Crippen LogP contribution in [0.3, 0.4) is 0 Å². The number of amides is 2. The molecule has 0 aromatic heterocycles. The highest BCUT2D eigenvalue weighted by molar-refractivity contribution is 6.35. The third-order valence-corrected chi connectivity index (χ3v) is 6.33. The van der Waals surface area contributed by atoms with E-state index in [0.29, 0.717) is 21.3 Å².